The van der Waals surface area contributed by atoms with Crippen LogP contribution in [0.2, 0.25) is 0 Å². The lowest BCUT2D eigenvalue weighted by atomic mass is 9.73. The Morgan fingerprint density at radius 2 is 1.62 bits per heavy atom. The highest BCUT2D eigenvalue weighted by Gasteiger charge is 2.53. The lowest BCUT2D eigenvalue weighted by molar-refractivity contribution is -0.157. The average molecular weight is 186 g/mol. The van der Waals surface area contributed by atoms with Gasteiger partial charge in [-0.2, -0.15) is 0 Å². The van der Waals surface area contributed by atoms with Crippen LogP contribution in [0.4, 0.5) is 0 Å². The Bertz CT molecular complexity index is 187. The normalized spacial score (nSPS) is 42.7. The second-order valence-electron chi connectivity index (χ2n) is 5.08. The number of aliphatic hydroxyl groups is 2. The Hall–Kier alpha value is -0.0800. The average Bonchev–Trinajstić information content (AvgIpc) is 2.26. The molecule has 2 heteroatoms. The maximum atomic E-state index is 10.4. The van der Waals surface area contributed by atoms with Crippen molar-refractivity contribution in [3.05, 3.63) is 0 Å². The predicted molar refractivity (Wildman–Crippen MR) is 53.4 cm³/mol. The van der Waals surface area contributed by atoms with Crippen LogP contribution < -0.4 is 0 Å². The van der Waals surface area contributed by atoms with Gasteiger partial charge < -0.3 is 10.2 Å². The van der Waals surface area contributed by atoms with Crippen molar-refractivity contribution in [3.8, 4) is 0 Å². The van der Waals surface area contributed by atoms with E-state index < -0.39 is 11.2 Å². The second kappa shape index (κ2) is 3.25. The van der Waals surface area contributed by atoms with E-state index in [1.165, 1.54) is 0 Å². The minimum atomic E-state index is -0.892. The van der Waals surface area contributed by atoms with Gasteiger partial charge in [-0.1, -0.05) is 20.8 Å². The van der Waals surface area contributed by atoms with Crippen LogP contribution in [0.3, 0.4) is 0 Å². The summed E-state index contributed by atoms with van der Waals surface area (Å²) in [6, 6.07) is 0. The van der Waals surface area contributed by atoms with E-state index in [2.05, 4.69) is 13.8 Å². The SMILES string of the molecule is CC(C)C(C)C1(O)CCCC1(C)O. The van der Waals surface area contributed by atoms with Crippen LogP contribution in [0, 0.1) is 11.8 Å². The zero-order valence-electron chi connectivity index (χ0n) is 9.17. The molecule has 3 unspecified atom stereocenters. The molecule has 2 N–H and O–H groups in total. The van der Waals surface area contributed by atoms with Gasteiger partial charge in [-0.3, -0.25) is 0 Å². The van der Waals surface area contributed by atoms with Crippen molar-refractivity contribution in [2.24, 2.45) is 11.8 Å². The van der Waals surface area contributed by atoms with Crippen LogP contribution in [-0.4, -0.2) is 21.4 Å². The highest BCUT2D eigenvalue weighted by atomic mass is 16.4. The van der Waals surface area contributed by atoms with E-state index in [1.54, 1.807) is 6.92 Å². The molecule has 1 fully saturated rings. The van der Waals surface area contributed by atoms with Crippen LogP contribution >= 0.6 is 0 Å². The van der Waals surface area contributed by atoms with Crippen LogP contribution in [0.5, 0.6) is 0 Å². The summed E-state index contributed by atoms with van der Waals surface area (Å²) in [5.41, 5.74) is -1.77. The Kier molecular flexibility index (Phi) is 2.75. The van der Waals surface area contributed by atoms with Crippen molar-refractivity contribution in [1.82, 2.24) is 0 Å². The Morgan fingerprint density at radius 3 is 1.92 bits per heavy atom. The van der Waals surface area contributed by atoms with E-state index in [1.807, 2.05) is 6.92 Å². The fourth-order valence-electron chi connectivity index (χ4n) is 2.46. The third kappa shape index (κ3) is 1.62. The molecule has 2 nitrogen and oxygen atoms in total. The highest BCUT2D eigenvalue weighted by molar-refractivity contribution is 5.05. The van der Waals surface area contributed by atoms with E-state index in [9.17, 15) is 10.2 Å². The molecule has 1 aliphatic carbocycles. The van der Waals surface area contributed by atoms with E-state index in [0.717, 1.165) is 19.3 Å². The molecule has 0 aliphatic heterocycles. The fourth-order valence-corrected chi connectivity index (χ4v) is 2.46. The predicted octanol–water partition coefficient (Wildman–Crippen LogP) is 1.94. The molecule has 0 aromatic heterocycles. The van der Waals surface area contributed by atoms with Crippen molar-refractivity contribution in [3.63, 3.8) is 0 Å². The molecule has 0 bridgehead atoms. The molecule has 0 aromatic rings. The molecule has 0 aromatic carbocycles. The molecule has 0 saturated heterocycles. The molecule has 13 heavy (non-hydrogen) atoms. The monoisotopic (exact) mass is 186 g/mol. The smallest absolute Gasteiger partial charge is 0.0958 e. The molecule has 0 radical (unpaired) electrons. The van der Waals surface area contributed by atoms with Gasteiger partial charge in [-0.25, -0.2) is 0 Å². The zero-order chi connectivity index (χ0) is 10.3. The van der Waals surface area contributed by atoms with E-state index in [0.29, 0.717) is 5.92 Å². The van der Waals surface area contributed by atoms with Crippen LogP contribution in [-0.2, 0) is 0 Å². The van der Waals surface area contributed by atoms with Gasteiger partial charge in [0.15, 0.2) is 0 Å². The van der Waals surface area contributed by atoms with Gasteiger partial charge in [-0.05, 0) is 38.0 Å². The van der Waals surface area contributed by atoms with Gasteiger partial charge in [-0.15, -0.1) is 0 Å². The van der Waals surface area contributed by atoms with E-state index in [-0.39, 0.29) is 5.92 Å². The van der Waals surface area contributed by atoms with Crippen LogP contribution in [0.25, 0.3) is 0 Å². The summed E-state index contributed by atoms with van der Waals surface area (Å²) in [6.45, 7) is 7.98. The third-order valence-electron chi connectivity index (χ3n) is 3.91. The summed E-state index contributed by atoms with van der Waals surface area (Å²) in [5.74, 6) is 0.569. The summed E-state index contributed by atoms with van der Waals surface area (Å²) < 4.78 is 0. The second-order valence-corrected chi connectivity index (χ2v) is 5.08. The number of rotatable bonds is 2. The lowest BCUT2D eigenvalue weighted by Gasteiger charge is -2.42. The summed E-state index contributed by atoms with van der Waals surface area (Å²) in [5, 5.41) is 20.5. The molecule has 0 amide bonds. The van der Waals surface area contributed by atoms with Gasteiger partial charge in [0.25, 0.3) is 0 Å². The summed E-state index contributed by atoms with van der Waals surface area (Å²) in [4.78, 5) is 0. The minimum Gasteiger partial charge on any atom is -0.387 e. The largest absolute Gasteiger partial charge is 0.387 e. The Morgan fingerprint density at radius 1 is 1.08 bits per heavy atom. The lowest BCUT2D eigenvalue weighted by Crippen LogP contribution is -2.53. The van der Waals surface area contributed by atoms with Crippen LogP contribution in [0.15, 0.2) is 0 Å². The summed E-state index contributed by atoms with van der Waals surface area (Å²) in [6.07, 6.45) is 2.39. The number of hydrogen-bond donors (Lipinski definition) is 2. The molecule has 1 rings (SSSR count). The standard InChI is InChI=1S/C11H22O2/c1-8(2)9(3)11(13)7-5-6-10(11,4)12/h8-9,12-13H,5-7H2,1-4H3. The van der Waals surface area contributed by atoms with Crippen molar-refractivity contribution >= 4 is 0 Å². The molecule has 1 aliphatic rings. The fraction of sp³-hybridized carbons (Fsp3) is 1.00. The van der Waals surface area contributed by atoms with Crippen LogP contribution in [0.1, 0.15) is 47.0 Å². The molecule has 78 valence electrons. The quantitative estimate of drug-likeness (QED) is 0.692. The zero-order valence-corrected chi connectivity index (χ0v) is 9.17. The topological polar surface area (TPSA) is 40.5 Å². The van der Waals surface area contributed by atoms with Crippen molar-refractivity contribution in [2.75, 3.05) is 0 Å². The molecular weight excluding hydrogens is 164 g/mol. The van der Waals surface area contributed by atoms with Gasteiger partial charge in [0.2, 0.25) is 0 Å². The van der Waals surface area contributed by atoms with Gasteiger partial charge in [0, 0.05) is 0 Å². The van der Waals surface area contributed by atoms with E-state index in [4.69, 9.17) is 0 Å². The van der Waals surface area contributed by atoms with E-state index >= 15 is 0 Å². The molecular formula is C11H22O2. The van der Waals surface area contributed by atoms with Gasteiger partial charge >= 0.3 is 0 Å². The maximum absolute atomic E-state index is 10.4. The van der Waals surface area contributed by atoms with Gasteiger partial charge in [0.05, 0.1) is 11.2 Å². The Balaban J connectivity index is 2.86. The number of hydrogen-bond acceptors (Lipinski definition) is 2. The van der Waals surface area contributed by atoms with Gasteiger partial charge in [0.1, 0.15) is 0 Å². The molecule has 0 heterocycles. The summed E-state index contributed by atoms with van der Waals surface area (Å²) >= 11 is 0. The minimum absolute atomic E-state index is 0.157. The Labute approximate surface area is 81.0 Å². The van der Waals surface area contributed by atoms with Crippen molar-refractivity contribution in [2.45, 2.75) is 58.2 Å². The first-order valence-electron chi connectivity index (χ1n) is 5.26. The maximum Gasteiger partial charge on any atom is 0.0958 e. The first-order valence-corrected chi connectivity index (χ1v) is 5.26. The summed E-state index contributed by atoms with van der Waals surface area (Å²) in [7, 11) is 0. The first kappa shape index (κ1) is 11.0. The molecule has 0 spiro atoms. The molecule has 3 atom stereocenters. The first-order chi connectivity index (χ1) is 5.81. The van der Waals surface area contributed by atoms with Crippen molar-refractivity contribution in [1.29, 1.82) is 0 Å². The van der Waals surface area contributed by atoms with Crippen molar-refractivity contribution < 1.29 is 10.2 Å². The molecule has 1 saturated carbocycles. The highest BCUT2D eigenvalue weighted by Crippen LogP contribution is 2.45. The third-order valence-corrected chi connectivity index (χ3v) is 3.91.